The molecule has 0 unspecified atom stereocenters. The van der Waals surface area contributed by atoms with Crippen LogP contribution in [0.5, 0.6) is 5.75 Å². The van der Waals surface area contributed by atoms with Crippen LogP contribution in [0.4, 0.5) is 13.2 Å². The van der Waals surface area contributed by atoms with Gasteiger partial charge in [-0.2, -0.15) is 13.2 Å². The summed E-state index contributed by atoms with van der Waals surface area (Å²) >= 11 is 5.34. The van der Waals surface area contributed by atoms with Gasteiger partial charge in [-0.1, -0.05) is 11.6 Å². The van der Waals surface area contributed by atoms with Crippen molar-refractivity contribution in [1.29, 1.82) is 0 Å². The molecule has 6 heteroatoms. The van der Waals surface area contributed by atoms with Crippen molar-refractivity contribution in [2.24, 2.45) is 0 Å². The Morgan fingerprint density at radius 3 is 2.67 bits per heavy atom. The van der Waals surface area contributed by atoms with E-state index < -0.39 is 18.3 Å². The maximum absolute atomic E-state index is 12.6. The van der Waals surface area contributed by atoms with Crippen LogP contribution < -0.4 is 4.74 Å². The van der Waals surface area contributed by atoms with E-state index in [-0.39, 0.29) is 5.02 Å². The zero-order valence-electron chi connectivity index (χ0n) is 5.60. The molecule has 1 rings (SSSR count). The minimum absolute atomic E-state index is 0.234. The summed E-state index contributed by atoms with van der Waals surface area (Å²) in [7, 11) is 0. The summed E-state index contributed by atoms with van der Waals surface area (Å²) in [6, 6.07) is 1.16. The molecule has 0 atom stereocenters. The number of hydrogen-bond acceptors (Lipinski definition) is 2. The standard InChI is InChI=1S/C6H3ClF3NO/c7-3-1-2-11-5(8)4(3)12-6(9)10/h1-2,6H. The molecule has 0 aliphatic heterocycles. The number of rotatable bonds is 2. The summed E-state index contributed by atoms with van der Waals surface area (Å²) in [4.78, 5) is 3.08. The molecular formula is C6H3ClF3NO. The first-order valence-electron chi connectivity index (χ1n) is 2.86. The van der Waals surface area contributed by atoms with E-state index in [2.05, 4.69) is 9.72 Å². The van der Waals surface area contributed by atoms with Crippen molar-refractivity contribution in [1.82, 2.24) is 4.98 Å². The lowest BCUT2D eigenvalue weighted by Gasteiger charge is -2.05. The number of aromatic nitrogens is 1. The molecule has 0 aromatic carbocycles. The highest BCUT2D eigenvalue weighted by Crippen LogP contribution is 2.26. The van der Waals surface area contributed by atoms with Crippen molar-refractivity contribution in [3.63, 3.8) is 0 Å². The van der Waals surface area contributed by atoms with Crippen LogP contribution in [-0.4, -0.2) is 11.6 Å². The van der Waals surface area contributed by atoms with Crippen molar-refractivity contribution in [3.8, 4) is 5.75 Å². The van der Waals surface area contributed by atoms with Gasteiger partial charge in [-0.3, -0.25) is 0 Å². The van der Waals surface area contributed by atoms with Crippen molar-refractivity contribution in [3.05, 3.63) is 23.2 Å². The Hall–Kier alpha value is -0.970. The number of ether oxygens (including phenoxy) is 1. The van der Waals surface area contributed by atoms with Gasteiger partial charge in [0.25, 0.3) is 5.95 Å². The van der Waals surface area contributed by atoms with Gasteiger partial charge < -0.3 is 4.74 Å². The van der Waals surface area contributed by atoms with E-state index in [1.807, 2.05) is 0 Å². The monoisotopic (exact) mass is 197 g/mol. The number of nitrogens with zero attached hydrogens (tertiary/aromatic N) is 1. The Kier molecular flexibility index (Phi) is 2.75. The van der Waals surface area contributed by atoms with Crippen molar-refractivity contribution < 1.29 is 17.9 Å². The number of hydrogen-bond donors (Lipinski definition) is 0. The Morgan fingerprint density at radius 2 is 2.17 bits per heavy atom. The zero-order chi connectivity index (χ0) is 9.14. The third kappa shape index (κ3) is 2.01. The average molecular weight is 198 g/mol. The second-order valence-corrected chi connectivity index (χ2v) is 2.20. The molecule has 1 aromatic rings. The Labute approximate surface area is 70.9 Å². The van der Waals surface area contributed by atoms with Gasteiger partial charge >= 0.3 is 6.61 Å². The first-order chi connectivity index (χ1) is 5.61. The molecular weight excluding hydrogens is 195 g/mol. The number of pyridine rings is 1. The van der Waals surface area contributed by atoms with Crippen LogP contribution >= 0.6 is 11.6 Å². The predicted octanol–water partition coefficient (Wildman–Crippen LogP) is 2.48. The molecule has 0 fully saturated rings. The molecule has 0 aliphatic carbocycles. The fraction of sp³-hybridized carbons (Fsp3) is 0.167. The summed E-state index contributed by atoms with van der Waals surface area (Å²) in [6.07, 6.45) is 1.05. The quantitative estimate of drug-likeness (QED) is 0.680. The summed E-state index contributed by atoms with van der Waals surface area (Å²) in [5, 5.41) is -0.234. The number of halogens is 4. The predicted molar refractivity (Wildman–Crippen MR) is 35.8 cm³/mol. The lowest BCUT2D eigenvalue weighted by atomic mass is 10.4. The average Bonchev–Trinajstić information content (AvgIpc) is 1.97. The van der Waals surface area contributed by atoms with Gasteiger partial charge in [0, 0.05) is 6.20 Å². The highest BCUT2D eigenvalue weighted by atomic mass is 35.5. The van der Waals surface area contributed by atoms with E-state index in [0.717, 1.165) is 12.3 Å². The molecule has 0 bridgehead atoms. The third-order valence-corrected chi connectivity index (χ3v) is 1.32. The van der Waals surface area contributed by atoms with Crippen LogP contribution in [0, 0.1) is 5.95 Å². The van der Waals surface area contributed by atoms with Crippen LogP contribution in [0.1, 0.15) is 0 Å². The molecule has 66 valence electrons. The maximum atomic E-state index is 12.6. The van der Waals surface area contributed by atoms with Gasteiger partial charge in [0.05, 0.1) is 5.02 Å². The van der Waals surface area contributed by atoms with Crippen LogP contribution in [-0.2, 0) is 0 Å². The van der Waals surface area contributed by atoms with E-state index in [4.69, 9.17) is 11.6 Å². The van der Waals surface area contributed by atoms with Crippen molar-refractivity contribution in [2.75, 3.05) is 0 Å². The first-order valence-corrected chi connectivity index (χ1v) is 3.24. The van der Waals surface area contributed by atoms with Crippen LogP contribution in [0.3, 0.4) is 0 Å². The lowest BCUT2D eigenvalue weighted by Crippen LogP contribution is -2.04. The molecule has 2 nitrogen and oxygen atoms in total. The summed E-state index contributed by atoms with van der Waals surface area (Å²) in [5.74, 6) is -1.88. The number of alkyl halides is 2. The molecule has 0 saturated carbocycles. The fourth-order valence-corrected chi connectivity index (χ4v) is 0.774. The second kappa shape index (κ2) is 3.62. The van der Waals surface area contributed by atoms with Gasteiger partial charge in [0.2, 0.25) is 0 Å². The SMILES string of the molecule is Fc1nccc(Cl)c1OC(F)F. The lowest BCUT2D eigenvalue weighted by molar-refractivity contribution is -0.0526. The summed E-state index contributed by atoms with van der Waals surface area (Å²) in [6.45, 7) is -3.11. The first kappa shape index (κ1) is 9.12. The topological polar surface area (TPSA) is 22.1 Å². The van der Waals surface area contributed by atoms with Gasteiger partial charge in [0.15, 0.2) is 5.75 Å². The molecule has 12 heavy (non-hydrogen) atoms. The van der Waals surface area contributed by atoms with Crippen molar-refractivity contribution >= 4 is 11.6 Å². The molecule has 0 spiro atoms. The minimum Gasteiger partial charge on any atom is -0.428 e. The van der Waals surface area contributed by atoms with Crippen molar-refractivity contribution in [2.45, 2.75) is 6.61 Å². The van der Waals surface area contributed by atoms with Gasteiger partial charge in [-0.15, -0.1) is 0 Å². The molecule has 0 amide bonds. The Morgan fingerprint density at radius 1 is 1.50 bits per heavy atom. The largest absolute Gasteiger partial charge is 0.428 e. The normalized spacial score (nSPS) is 10.4. The maximum Gasteiger partial charge on any atom is 0.387 e. The highest BCUT2D eigenvalue weighted by Gasteiger charge is 2.13. The summed E-state index contributed by atoms with van der Waals surface area (Å²) in [5.41, 5.74) is 0. The molecule has 1 heterocycles. The third-order valence-electron chi connectivity index (χ3n) is 1.02. The highest BCUT2D eigenvalue weighted by molar-refractivity contribution is 6.32. The Balaban J connectivity index is 2.96. The van der Waals surface area contributed by atoms with E-state index in [9.17, 15) is 13.2 Å². The van der Waals surface area contributed by atoms with Crippen LogP contribution in [0.25, 0.3) is 0 Å². The van der Waals surface area contributed by atoms with Gasteiger partial charge in [-0.05, 0) is 6.07 Å². The van der Waals surface area contributed by atoms with E-state index in [0.29, 0.717) is 0 Å². The molecule has 0 N–H and O–H groups in total. The van der Waals surface area contributed by atoms with Crippen LogP contribution in [0.15, 0.2) is 12.3 Å². The minimum atomic E-state index is -3.11. The van der Waals surface area contributed by atoms with E-state index in [1.165, 1.54) is 0 Å². The molecule has 0 saturated heterocycles. The van der Waals surface area contributed by atoms with Gasteiger partial charge in [0.1, 0.15) is 0 Å². The Bertz CT molecular complexity index is 261. The zero-order valence-corrected chi connectivity index (χ0v) is 6.36. The molecule has 0 aliphatic rings. The van der Waals surface area contributed by atoms with Gasteiger partial charge in [-0.25, -0.2) is 4.98 Å². The molecule has 0 radical (unpaired) electrons. The summed E-state index contributed by atoms with van der Waals surface area (Å²) < 4.78 is 39.5. The fourth-order valence-electron chi connectivity index (χ4n) is 0.595. The second-order valence-electron chi connectivity index (χ2n) is 1.79. The smallest absolute Gasteiger partial charge is 0.387 e. The van der Waals surface area contributed by atoms with E-state index in [1.54, 1.807) is 0 Å². The van der Waals surface area contributed by atoms with E-state index >= 15 is 0 Å². The van der Waals surface area contributed by atoms with Crippen LogP contribution in [0.2, 0.25) is 5.02 Å². The molecule has 1 aromatic heterocycles.